The fourth-order valence-corrected chi connectivity index (χ4v) is 1.84. The minimum absolute atomic E-state index is 0.328. The molecule has 0 bridgehead atoms. The van der Waals surface area contributed by atoms with Gasteiger partial charge < -0.3 is 24.5 Å². The lowest BCUT2D eigenvalue weighted by Gasteiger charge is -2.13. The second kappa shape index (κ2) is 5.62. The summed E-state index contributed by atoms with van der Waals surface area (Å²) in [5, 5.41) is 3.66. The predicted octanol–water partition coefficient (Wildman–Crippen LogP) is 2.09. The molecule has 2 aromatic rings. The first kappa shape index (κ1) is 13.2. The van der Waals surface area contributed by atoms with Crippen molar-refractivity contribution in [1.29, 1.82) is 0 Å². The van der Waals surface area contributed by atoms with Crippen molar-refractivity contribution in [3.8, 4) is 22.8 Å². The summed E-state index contributed by atoms with van der Waals surface area (Å²) in [5.41, 5.74) is 7.16. The molecule has 2 rings (SSSR count). The van der Waals surface area contributed by atoms with Gasteiger partial charge in [0, 0.05) is 18.7 Å². The molecular weight excluding hydrogens is 248 g/mol. The number of nitrogens with two attached hydrogens (primary N) is 1. The Kier molecular flexibility index (Phi) is 3.91. The summed E-state index contributed by atoms with van der Waals surface area (Å²) in [6.45, 7) is 0.394. The van der Waals surface area contributed by atoms with Crippen molar-refractivity contribution in [2.75, 3.05) is 27.1 Å². The molecule has 0 radical (unpaired) electrons. The molecule has 0 saturated carbocycles. The molecule has 0 saturated heterocycles. The number of aromatic nitrogens is 1. The Bertz CT molecular complexity index is 541. The van der Waals surface area contributed by atoms with Gasteiger partial charge in [0.25, 0.3) is 0 Å². The van der Waals surface area contributed by atoms with Crippen LogP contribution in [0.3, 0.4) is 0 Å². The van der Waals surface area contributed by atoms with Crippen LogP contribution in [0.15, 0.2) is 22.7 Å². The predicted molar refractivity (Wildman–Crippen MR) is 70.2 cm³/mol. The van der Waals surface area contributed by atoms with Crippen molar-refractivity contribution in [2.45, 2.75) is 6.61 Å². The van der Waals surface area contributed by atoms with Crippen LogP contribution in [-0.2, 0) is 11.3 Å². The molecule has 6 heteroatoms. The zero-order valence-corrected chi connectivity index (χ0v) is 11.1. The molecule has 1 aromatic heterocycles. The van der Waals surface area contributed by atoms with E-state index < -0.39 is 0 Å². The summed E-state index contributed by atoms with van der Waals surface area (Å²) >= 11 is 0. The summed E-state index contributed by atoms with van der Waals surface area (Å²) < 4.78 is 21.0. The average Bonchev–Trinajstić information content (AvgIpc) is 2.85. The van der Waals surface area contributed by atoms with Gasteiger partial charge >= 0.3 is 0 Å². The summed E-state index contributed by atoms with van der Waals surface area (Å²) in [4.78, 5) is 0. The van der Waals surface area contributed by atoms with Crippen LogP contribution < -0.4 is 15.2 Å². The smallest absolute Gasteiger partial charge is 0.169 e. The van der Waals surface area contributed by atoms with Crippen LogP contribution in [0.1, 0.15) is 5.56 Å². The summed E-state index contributed by atoms with van der Waals surface area (Å²) in [6.07, 6.45) is 0. The highest BCUT2D eigenvalue weighted by molar-refractivity contribution is 5.66. The fraction of sp³-hybridized carbons (Fsp3) is 0.308. The third-order valence-corrected chi connectivity index (χ3v) is 2.71. The van der Waals surface area contributed by atoms with Gasteiger partial charge in [0.2, 0.25) is 0 Å². The maximum atomic E-state index is 5.55. The SMILES string of the molecule is COCc1c(OC)cc(-c2cc(N)no2)cc1OC. The van der Waals surface area contributed by atoms with E-state index in [1.54, 1.807) is 27.4 Å². The standard InChI is InChI=1S/C13H16N2O4/c1-16-7-9-11(17-2)4-8(5-12(9)18-3)10-6-13(14)15-19-10/h4-6H,7H2,1-3H3,(H2,14,15). The number of anilines is 1. The molecule has 0 aliphatic carbocycles. The Morgan fingerprint density at radius 1 is 1.11 bits per heavy atom. The first-order valence-corrected chi connectivity index (χ1v) is 5.66. The number of nitrogen functional groups attached to an aromatic ring is 1. The van der Waals surface area contributed by atoms with Crippen molar-refractivity contribution in [3.05, 3.63) is 23.8 Å². The second-order valence-corrected chi connectivity index (χ2v) is 3.91. The van der Waals surface area contributed by atoms with E-state index in [0.29, 0.717) is 29.7 Å². The molecular formula is C13H16N2O4. The van der Waals surface area contributed by atoms with Crippen LogP contribution in [0.5, 0.6) is 11.5 Å². The van der Waals surface area contributed by atoms with E-state index in [2.05, 4.69) is 5.16 Å². The van der Waals surface area contributed by atoms with E-state index in [9.17, 15) is 0 Å². The molecule has 102 valence electrons. The van der Waals surface area contributed by atoms with Crippen LogP contribution >= 0.6 is 0 Å². The fourth-order valence-electron chi connectivity index (χ4n) is 1.84. The highest BCUT2D eigenvalue weighted by atomic mass is 16.5. The molecule has 0 atom stereocenters. The lowest BCUT2D eigenvalue weighted by atomic mass is 10.1. The average molecular weight is 264 g/mol. The van der Waals surface area contributed by atoms with Gasteiger partial charge in [-0.25, -0.2) is 0 Å². The minimum atomic E-state index is 0.328. The lowest BCUT2D eigenvalue weighted by Crippen LogP contribution is -1.99. The Balaban J connectivity index is 2.52. The molecule has 0 aliphatic rings. The molecule has 0 fully saturated rings. The van der Waals surface area contributed by atoms with E-state index in [1.807, 2.05) is 12.1 Å². The van der Waals surface area contributed by atoms with Gasteiger partial charge in [0.1, 0.15) is 11.5 Å². The highest BCUT2D eigenvalue weighted by Crippen LogP contribution is 2.35. The zero-order valence-electron chi connectivity index (χ0n) is 11.1. The zero-order chi connectivity index (χ0) is 13.8. The first-order chi connectivity index (χ1) is 9.19. The lowest BCUT2D eigenvalue weighted by molar-refractivity contribution is 0.178. The summed E-state index contributed by atoms with van der Waals surface area (Å²) in [6, 6.07) is 5.30. The molecule has 1 aromatic carbocycles. The molecule has 1 heterocycles. The third-order valence-electron chi connectivity index (χ3n) is 2.71. The van der Waals surface area contributed by atoms with Crippen molar-refractivity contribution in [3.63, 3.8) is 0 Å². The van der Waals surface area contributed by atoms with Gasteiger partial charge in [-0.05, 0) is 12.1 Å². The maximum Gasteiger partial charge on any atom is 0.169 e. The number of hydrogen-bond donors (Lipinski definition) is 1. The van der Waals surface area contributed by atoms with Gasteiger partial charge in [0.05, 0.1) is 26.4 Å². The first-order valence-electron chi connectivity index (χ1n) is 5.66. The minimum Gasteiger partial charge on any atom is -0.496 e. The maximum absolute atomic E-state index is 5.55. The van der Waals surface area contributed by atoms with Crippen molar-refractivity contribution in [2.24, 2.45) is 0 Å². The molecule has 19 heavy (non-hydrogen) atoms. The monoisotopic (exact) mass is 264 g/mol. The van der Waals surface area contributed by atoms with Crippen molar-refractivity contribution >= 4 is 5.82 Å². The number of rotatable bonds is 5. The van der Waals surface area contributed by atoms with Crippen LogP contribution in [0.25, 0.3) is 11.3 Å². The molecule has 0 aliphatic heterocycles. The normalized spacial score (nSPS) is 10.5. The van der Waals surface area contributed by atoms with E-state index in [-0.39, 0.29) is 0 Å². The van der Waals surface area contributed by atoms with E-state index >= 15 is 0 Å². The van der Waals surface area contributed by atoms with Gasteiger partial charge in [-0.3, -0.25) is 0 Å². The number of hydrogen-bond acceptors (Lipinski definition) is 6. The Morgan fingerprint density at radius 3 is 2.16 bits per heavy atom. The number of benzene rings is 1. The summed E-state index contributed by atoms with van der Waals surface area (Å²) in [5.74, 6) is 2.20. The van der Waals surface area contributed by atoms with Gasteiger partial charge in [-0.15, -0.1) is 0 Å². The van der Waals surface area contributed by atoms with Gasteiger partial charge in [-0.2, -0.15) is 0 Å². The van der Waals surface area contributed by atoms with Crippen molar-refractivity contribution < 1.29 is 18.7 Å². The largest absolute Gasteiger partial charge is 0.496 e. The van der Waals surface area contributed by atoms with E-state index in [1.165, 1.54) is 0 Å². The van der Waals surface area contributed by atoms with Gasteiger partial charge in [0.15, 0.2) is 11.6 Å². The third kappa shape index (κ3) is 2.63. The summed E-state index contributed by atoms with van der Waals surface area (Å²) in [7, 11) is 4.79. The molecule has 2 N–H and O–H groups in total. The molecule has 0 unspecified atom stereocenters. The van der Waals surface area contributed by atoms with Crippen molar-refractivity contribution in [1.82, 2.24) is 5.16 Å². The van der Waals surface area contributed by atoms with Crippen LogP contribution in [0.2, 0.25) is 0 Å². The Hall–Kier alpha value is -2.21. The van der Waals surface area contributed by atoms with Crippen LogP contribution in [0, 0.1) is 0 Å². The number of nitrogens with zero attached hydrogens (tertiary/aromatic N) is 1. The number of ether oxygens (including phenoxy) is 3. The topological polar surface area (TPSA) is 79.7 Å². The van der Waals surface area contributed by atoms with Gasteiger partial charge in [-0.1, -0.05) is 5.16 Å². The van der Waals surface area contributed by atoms with Crippen LogP contribution in [0.4, 0.5) is 5.82 Å². The molecule has 0 spiro atoms. The molecule has 0 amide bonds. The number of methoxy groups -OCH3 is 3. The van der Waals surface area contributed by atoms with E-state index in [4.69, 9.17) is 24.5 Å². The Morgan fingerprint density at radius 2 is 1.74 bits per heavy atom. The quantitative estimate of drug-likeness (QED) is 0.890. The van der Waals surface area contributed by atoms with Crippen LogP contribution in [-0.4, -0.2) is 26.5 Å². The molecule has 6 nitrogen and oxygen atoms in total. The Labute approximate surface area is 111 Å². The second-order valence-electron chi connectivity index (χ2n) is 3.91. The highest BCUT2D eigenvalue weighted by Gasteiger charge is 2.15. The van der Waals surface area contributed by atoms with E-state index in [0.717, 1.165) is 11.1 Å².